The first-order valence-corrected chi connectivity index (χ1v) is 7.05. The average Bonchev–Trinajstić information content (AvgIpc) is 2.95. The standard InChI is InChI=1S/C16H11NO3S/c18-13-3-1-2-10-4-5-11(17-15(10)13)6-7-12-8-9-14(21-12)16(19)20/h1-9,18H,(H,19,20)/b7-6+. The van der Waals surface area contributed by atoms with Crippen LogP contribution in [0, 0.1) is 0 Å². The fraction of sp³-hybridized carbons (Fsp3) is 0. The van der Waals surface area contributed by atoms with Crippen LogP contribution in [0.15, 0.2) is 42.5 Å². The molecule has 1 aromatic carbocycles. The van der Waals surface area contributed by atoms with E-state index in [1.807, 2.05) is 24.3 Å². The number of carboxylic acid groups (broad SMARTS) is 1. The zero-order chi connectivity index (χ0) is 14.8. The number of hydrogen-bond acceptors (Lipinski definition) is 4. The van der Waals surface area contributed by atoms with Crippen molar-refractivity contribution in [3.63, 3.8) is 0 Å². The van der Waals surface area contributed by atoms with Crippen LogP contribution in [0.4, 0.5) is 0 Å². The van der Waals surface area contributed by atoms with E-state index in [2.05, 4.69) is 4.98 Å². The number of fused-ring (bicyclic) bond motifs is 1. The van der Waals surface area contributed by atoms with E-state index in [4.69, 9.17) is 5.11 Å². The molecule has 0 spiro atoms. The Bertz CT molecular complexity index is 852. The monoisotopic (exact) mass is 297 g/mol. The predicted molar refractivity (Wildman–Crippen MR) is 83.6 cm³/mol. The van der Waals surface area contributed by atoms with Crippen LogP contribution in [-0.4, -0.2) is 21.2 Å². The van der Waals surface area contributed by atoms with Crippen LogP contribution in [0.2, 0.25) is 0 Å². The van der Waals surface area contributed by atoms with Crippen molar-refractivity contribution in [2.75, 3.05) is 0 Å². The number of thiophene rings is 1. The number of carboxylic acids is 1. The van der Waals surface area contributed by atoms with Crippen molar-refractivity contribution < 1.29 is 15.0 Å². The molecule has 0 saturated heterocycles. The molecule has 5 heteroatoms. The number of phenols is 1. The van der Waals surface area contributed by atoms with E-state index in [0.717, 1.165) is 10.3 Å². The molecule has 2 aromatic heterocycles. The molecule has 2 N–H and O–H groups in total. The lowest BCUT2D eigenvalue weighted by Gasteiger charge is -2.00. The second kappa shape index (κ2) is 5.38. The van der Waals surface area contributed by atoms with Gasteiger partial charge in [0.25, 0.3) is 0 Å². The molecule has 0 saturated carbocycles. The Balaban J connectivity index is 1.91. The highest BCUT2D eigenvalue weighted by atomic mass is 32.1. The normalized spacial score (nSPS) is 11.2. The van der Waals surface area contributed by atoms with Gasteiger partial charge in [0.15, 0.2) is 0 Å². The van der Waals surface area contributed by atoms with E-state index in [1.54, 1.807) is 30.3 Å². The second-order valence-corrected chi connectivity index (χ2v) is 5.54. The number of aromatic hydroxyl groups is 1. The third-order valence-corrected chi connectivity index (χ3v) is 4.01. The van der Waals surface area contributed by atoms with Gasteiger partial charge in [-0.15, -0.1) is 11.3 Å². The molecule has 3 aromatic rings. The fourth-order valence-electron chi connectivity index (χ4n) is 1.96. The lowest BCUT2D eigenvalue weighted by atomic mass is 10.2. The molecule has 0 bridgehead atoms. The molecule has 0 aliphatic carbocycles. The topological polar surface area (TPSA) is 70.4 Å². The number of benzene rings is 1. The third kappa shape index (κ3) is 2.78. The van der Waals surface area contributed by atoms with Gasteiger partial charge in [0, 0.05) is 10.3 Å². The van der Waals surface area contributed by atoms with Crippen molar-refractivity contribution in [1.82, 2.24) is 4.98 Å². The van der Waals surface area contributed by atoms with Crippen molar-refractivity contribution in [3.05, 3.63) is 57.9 Å². The third-order valence-electron chi connectivity index (χ3n) is 2.98. The SMILES string of the molecule is O=C(O)c1ccc(/C=C/c2ccc3cccc(O)c3n2)s1. The number of rotatable bonds is 3. The zero-order valence-electron chi connectivity index (χ0n) is 10.9. The van der Waals surface area contributed by atoms with Crippen LogP contribution in [0.3, 0.4) is 0 Å². The van der Waals surface area contributed by atoms with E-state index in [1.165, 1.54) is 11.3 Å². The highest BCUT2D eigenvalue weighted by Gasteiger charge is 2.05. The van der Waals surface area contributed by atoms with E-state index >= 15 is 0 Å². The molecule has 104 valence electrons. The first-order valence-electron chi connectivity index (χ1n) is 6.23. The first kappa shape index (κ1) is 13.3. The summed E-state index contributed by atoms with van der Waals surface area (Å²) in [6, 6.07) is 12.3. The summed E-state index contributed by atoms with van der Waals surface area (Å²) in [5.74, 6) is -0.777. The smallest absolute Gasteiger partial charge is 0.345 e. The largest absolute Gasteiger partial charge is 0.506 e. The van der Waals surface area contributed by atoms with Crippen molar-refractivity contribution in [1.29, 1.82) is 0 Å². The van der Waals surface area contributed by atoms with Crippen LogP contribution in [-0.2, 0) is 0 Å². The summed E-state index contributed by atoms with van der Waals surface area (Å²) >= 11 is 1.20. The number of nitrogens with zero attached hydrogens (tertiary/aromatic N) is 1. The molecule has 2 heterocycles. The van der Waals surface area contributed by atoms with Gasteiger partial charge in [0.05, 0.1) is 5.69 Å². The van der Waals surface area contributed by atoms with Crippen LogP contribution in [0.25, 0.3) is 23.1 Å². The van der Waals surface area contributed by atoms with Crippen molar-refractivity contribution in [2.24, 2.45) is 0 Å². The first-order chi connectivity index (χ1) is 10.1. The van der Waals surface area contributed by atoms with Crippen LogP contribution < -0.4 is 0 Å². The van der Waals surface area contributed by atoms with Gasteiger partial charge in [0.2, 0.25) is 0 Å². The fourth-order valence-corrected chi connectivity index (χ4v) is 2.71. The van der Waals surface area contributed by atoms with Gasteiger partial charge >= 0.3 is 5.97 Å². The summed E-state index contributed by atoms with van der Waals surface area (Å²) < 4.78 is 0. The number of para-hydroxylation sites is 1. The number of carbonyl (C=O) groups is 1. The minimum Gasteiger partial charge on any atom is -0.506 e. The van der Waals surface area contributed by atoms with Crippen molar-refractivity contribution in [2.45, 2.75) is 0 Å². The minimum atomic E-state index is -0.923. The number of pyridine rings is 1. The van der Waals surface area contributed by atoms with E-state index < -0.39 is 5.97 Å². The average molecular weight is 297 g/mol. The summed E-state index contributed by atoms with van der Waals surface area (Å²) in [5.41, 5.74) is 1.26. The number of aromatic carboxylic acids is 1. The molecular formula is C16H11NO3S. The molecule has 21 heavy (non-hydrogen) atoms. The number of phenolic OH excluding ortho intramolecular Hbond substituents is 1. The molecule has 0 fully saturated rings. The lowest BCUT2D eigenvalue weighted by molar-refractivity contribution is 0.0702. The number of aromatic nitrogens is 1. The molecule has 0 amide bonds. The highest BCUT2D eigenvalue weighted by Crippen LogP contribution is 2.23. The van der Waals surface area contributed by atoms with Gasteiger partial charge in [-0.2, -0.15) is 0 Å². The Morgan fingerprint density at radius 2 is 1.95 bits per heavy atom. The molecule has 0 unspecified atom stereocenters. The molecule has 0 aliphatic rings. The van der Waals surface area contributed by atoms with Gasteiger partial charge < -0.3 is 10.2 Å². The summed E-state index contributed by atoms with van der Waals surface area (Å²) in [6.07, 6.45) is 3.61. The van der Waals surface area contributed by atoms with Crippen molar-refractivity contribution >= 4 is 40.4 Å². The van der Waals surface area contributed by atoms with Gasteiger partial charge in [-0.25, -0.2) is 9.78 Å². The Morgan fingerprint density at radius 3 is 2.71 bits per heavy atom. The summed E-state index contributed by atoms with van der Waals surface area (Å²) in [6.45, 7) is 0. The summed E-state index contributed by atoms with van der Waals surface area (Å²) in [4.78, 5) is 16.3. The van der Waals surface area contributed by atoms with Gasteiger partial charge in [-0.05, 0) is 36.4 Å². The molecule has 0 atom stereocenters. The van der Waals surface area contributed by atoms with E-state index in [9.17, 15) is 9.90 Å². The highest BCUT2D eigenvalue weighted by molar-refractivity contribution is 7.14. The Hall–Kier alpha value is -2.66. The maximum absolute atomic E-state index is 10.8. The van der Waals surface area contributed by atoms with Crippen LogP contribution in [0.1, 0.15) is 20.2 Å². The molecule has 3 rings (SSSR count). The van der Waals surface area contributed by atoms with Gasteiger partial charge in [0.1, 0.15) is 16.1 Å². The van der Waals surface area contributed by atoms with Crippen molar-refractivity contribution in [3.8, 4) is 5.75 Å². The van der Waals surface area contributed by atoms with Crippen LogP contribution in [0.5, 0.6) is 5.75 Å². The van der Waals surface area contributed by atoms with Gasteiger partial charge in [-0.1, -0.05) is 18.2 Å². The van der Waals surface area contributed by atoms with Gasteiger partial charge in [-0.3, -0.25) is 0 Å². The van der Waals surface area contributed by atoms with Crippen LogP contribution >= 0.6 is 11.3 Å². The predicted octanol–water partition coefficient (Wildman–Crippen LogP) is 3.87. The molecule has 4 nitrogen and oxygen atoms in total. The Morgan fingerprint density at radius 1 is 1.10 bits per heavy atom. The number of hydrogen-bond donors (Lipinski definition) is 2. The molecular weight excluding hydrogens is 286 g/mol. The maximum atomic E-state index is 10.8. The second-order valence-electron chi connectivity index (χ2n) is 4.43. The van der Waals surface area contributed by atoms with E-state index in [-0.39, 0.29) is 5.75 Å². The zero-order valence-corrected chi connectivity index (χ0v) is 11.7. The summed E-state index contributed by atoms with van der Waals surface area (Å²) in [5, 5.41) is 19.5. The Kier molecular flexibility index (Phi) is 3.41. The quantitative estimate of drug-likeness (QED) is 0.770. The lowest BCUT2D eigenvalue weighted by Crippen LogP contribution is -1.89. The summed E-state index contributed by atoms with van der Waals surface area (Å²) in [7, 11) is 0. The maximum Gasteiger partial charge on any atom is 0.345 e. The Labute approximate surface area is 124 Å². The minimum absolute atomic E-state index is 0.145. The van der Waals surface area contributed by atoms with E-state index in [0.29, 0.717) is 16.1 Å². The molecule has 0 aliphatic heterocycles. The molecule has 0 radical (unpaired) electrons.